The van der Waals surface area contributed by atoms with Crippen LogP contribution in [0, 0.1) is 0 Å². The molecule has 0 bridgehead atoms. The van der Waals surface area contributed by atoms with Gasteiger partial charge in [-0.15, -0.1) is 11.8 Å². The monoisotopic (exact) mass is 270 g/mol. The summed E-state index contributed by atoms with van der Waals surface area (Å²) in [4.78, 5) is 11.9. The highest BCUT2D eigenvalue weighted by molar-refractivity contribution is 7.99. The quantitative estimate of drug-likeness (QED) is 0.885. The molecule has 1 amide bonds. The third-order valence-corrected chi connectivity index (χ3v) is 3.92. The molecule has 92 valence electrons. The minimum Gasteiger partial charge on any atom is -0.348 e. The Morgan fingerprint density at radius 1 is 1.65 bits per heavy atom. The second-order valence-corrected chi connectivity index (χ2v) is 5.52. The first-order valence-corrected chi connectivity index (χ1v) is 7.07. The Hall–Kier alpha value is -0.710. The number of thioether (sulfide) groups is 1. The summed E-state index contributed by atoms with van der Waals surface area (Å²) in [7, 11) is 0. The van der Waals surface area contributed by atoms with E-state index in [2.05, 4.69) is 10.6 Å². The maximum Gasteiger partial charge on any atom is 0.238 e. The van der Waals surface area contributed by atoms with Crippen molar-refractivity contribution in [3.8, 4) is 0 Å². The highest BCUT2D eigenvalue weighted by atomic mass is 35.5. The van der Waals surface area contributed by atoms with Crippen LogP contribution in [-0.4, -0.2) is 23.6 Å². The van der Waals surface area contributed by atoms with Gasteiger partial charge in [-0.1, -0.05) is 23.7 Å². The molecule has 2 N–H and O–H groups in total. The molecule has 0 radical (unpaired) electrons. The van der Waals surface area contributed by atoms with Gasteiger partial charge in [0.1, 0.15) is 0 Å². The van der Waals surface area contributed by atoms with Crippen molar-refractivity contribution in [1.82, 2.24) is 10.6 Å². The summed E-state index contributed by atoms with van der Waals surface area (Å²) in [6, 6.07) is 7.48. The Balaban J connectivity index is 1.96. The van der Waals surface area contributed by atoms with E-state index in [1.165, 1.54) is 0 Å². The summed E-state index contributed by atoms with van der Waals surface area (Å²) in [6.07, 6.45) is 0. The number of amides is 1. The first-order valence-electron chi connectivity index (χ1n) is 5.54. The number of halogens is 1. The minimum absolute atomic E-state index is 0.0198. The third kappa shape index (κ3) is 3.37. The molecule has 17 heavy (non-hydrogen) atoms. The molecule has 1 aromatic carbocycles. The Morgan fingerprint density at radius 3 is 3.12 bits per heavy atom. The van der Waals surface area contributed by atoms with Gasteiger partial charge in [-0.25, -0.2) is 0 Å². The predicted molar refractivity (Wildman–Crippen MR) is 72.3 cm³/mol. The van der Waals surface area contributed by atoms with E-state index in [1.807, 2.05) is 31.2 Å². The summed E-state index contributed by atoms with van der Waals surface area (Å²) in [5, 5.41) is 6.83. The number of rotatable bonds is 3. The largest absolute Gasteiger partial charge is 0.348 e. The molecule has 0 saturated carbocycles. The number of carbonyl (C=O) groups is 1. The normalized spacial score (nSPS) is 21.2. The summed E-state index contributed by atoms with van der Waals surface area (Å²) in [5.74, 6) is 1.75. The van der Waals surface area contributed by atoms with E-state index in [0.29, 0.717) is 5.02 Å². The van der Waals surface area contributed by atoms with E-state index >= 15 is 0 Å². The van der Waals surface area contributed by atoms with E-state index in [9.17, 15) is 4.79 Å². The second-order valence-electron chi connectivity index (χ2n) is 4.06. The van der Waals surface area contributed by atoms with Gasteiger partial charge in [0.25, 0.3) is 0 Å². The predicted octanol–water partition coefficient (Wildman–Crippen LogP) is 2.18. The van der Waals surface area contributed by atoms with Crippen LogP contribution in [0.1, 0.15) is 18.5 Å². The molecule has 1 saturated heterocycles. The molecule has 3 nitrogen and oxygen atoms in total. The van der Waals surface area contributed by atoms with E-state index in [4.69, 9.17) is 11.6 Å². The number of carbonyl (C=O) groups excluding carboxylic acids is 1. The van der Waals surface area contributed by atoms with Gasteiger partial charge in [0.2, 0.25) is 5.91 Å². The van der Waals surface area contributed by atoms with Gasteiger partial charge in [0.15, 0.2) is 0 Å². The van der Waals surface area contributed by atoms with Crippen molar-refractivity contribution in [3.63, 3.8) is 0 Å². The lowest BCUT2D eigenvalue weighted by Gasteiger charge is -2.17. The second kappa shape index (κ2) is 5.76. The average Bonchev–Trinajstić information content (AvgIpc) is 2.82. The van der Waals surface area contributed by atoms with Crippen LogP contribution in [-0.2, 0) is 4.79 Å². The van der Waals surface area contributed by atoms with Crippen molar-refractivity contribution in [2.24, 2.45) is 0 Å². The number of hydrogen-bond acceptors (Lipinski definition) is 3. The molecule has 0 aliphatic carbocycles. The van der Waals surface area contributed by atoms with Crippen LogP contribution in [0.2, 0.25) is 5.02 Å². The van der Waals surface area contributed by atoms with Crippen LogP contribution in [0.15, 0.2) is 24.3 Å². The molecule has 1 unspecified atom stereocenters. The first kappa shape index (κ1) is 12.7. The molecule has 0 aromatic heterocycles. The van der Waals surface area contributed by atoms with Crippen LogP contribution in [0.4, 0.5) is 0 Å². The van der Waals surface area contributed by atoms with Crippen LogP contribution in [0.25, 0.3) is 0 Å². The highest BCUT2D eigenvalue weighted by Crippen LogP contribution is 2.18. The lowest BCUT2D eigenvalue weighted by atomic mass is 10.1. The van der Waals surface area contributed by atoms with Crippen LogP contribution in [0.5, 0.6) is 0 Å². The van der Waals surface area contributed by atoms with Gasteiger partial charge in [-0.2, -0.15) is 0 Å². The number of benzene rings is 1. The van der Waals surface area contributed by atoms with E-state index in [1.54, 1.807) is 11.8 Å². The van der Waals surface area contributed by atoms with Crippen molar-refractivity contribution in [3.05, 3.63) is 34.9 Å². The van der Waals surface area contributed by atoms with E-state index < -0.39 is 0 Å². The Morgan fingerprint density at radius 2 is 2.47 bits per heavy atom. The zero-order valence-electron chi connectivity index (χ0n) is 9.57. The Kier molecular flexibility index (Phi) is 4.31. The minimum atomic E-state index is -0.0679. The number of nitrogens with one attached hydrogen (secondary N) is 2. The molecule has 1 aliphatic rings. The summed E-state index contributed by atoms with van der Waals surface area (Å²) < 4.78 is 0. The Bertz CT molecular complexity index is 407. The molecular weight excluding hydrogens is 256 g/mol. The molecule has 1 fully saturated rings. The highest BCUT2D eigenvalue weighted by Gasteiger charge is 2.23. The van der Waals surface area contributed by atoms with Crippen molar-refractivity contribution >= 4 is 29.3 Å². The summed E-state index contributed by atoms with van der Waals surface area (Å²) in [6.45, 7) is 1.96. The lowest BCUT2D eigenvalue weighted by Crippen LogP contribution is -2.42. The summed E-state index contributed by atoms with van der Waals surface area (Å²) in [5.41, 5.74) is 1.02. The van der Waals surface area contributed by atoms with Gasteiger partial charge < -0.3 is 5.32 Å². The molecule has 2 atom stereocenters. The topological polar surface area (TPSA) is 41.1 Å². The smallest absolute Gasteiger partial charge is 0.238 e. The molecule has 1 aromatic rings. The standard InChI is InChI=1S/C12H15ClN2OS/c1-8(9-3-2-4-10(13)5-9)15-12(16)11-6-17-7-14-11/h2-5,8,11,14H,6-7H2,1H3,(H,15,16)/t8-,11?/m1/s1. The first-order chi connectivity index (χ1) is 8.16. The lowest BCUT2D eigenvalue weighted by molar-refractivity contribution is -0.123. The fourth-order valence-corrected chi connectivity index (χ4v) is 2.88. The van der Waals surface area contributed by atoms with Gasteiger partial charge in [0.05, 0.1) is 12.1 Å². The molecule has 0 spiro atoms. The Labute approximate surface area is 110 Å². The van der Waals surface area contributed by atoms with Crippen LogP contribution < -0.4 is 10.6 Å². The van der Waals surface area contributed by atoms with Gasteiger partial charge in [-0.3, -0.25) is 10.1 Å². The van der Waals surface area contributed by atoms with Crippen molar-refractivity contribution in [2.45, 2.75) is 19.0 Å². The third-order valence-electron chi connectivity index (χ3n) is 2.74. The van der Waals surface area contributed by atoms with Crippen LogP contribution in [0.3, 0.4) is 0 Å². The number of hydrogen-bond donors (Lipinski definition) is 2. The van der Waals surface area contributed by atoms with Crippen molar-refractivity contribution in [1.29, 1.82) is 0 Å². The van der Waals surface area contributed by atoms with Crippen molar-refractivity contribution in [2.75, 3.05) is 11.6 Å². The SMILES string of the molecule is C[C@@H](NC(=O)C1CSCN1)c1cccc(Cl)c1. The molecule has 1 heterocycles. The maximum absolute atomic E-state index is 11.9. The maximum atomic E-state index is 11.9. The molecule has 1 aliphatic heterocycles. The molecular formula is C12H15ClN2OS. The van der Waals surface area contributed by atoms with Gasteiger partial charge in [-0.05, 0) is 24.6 Å². The van der Waals surface area contributed by atoms with Gasteiger partial charge in [0, 0.05) is 16.7 Å². The van der Waals surface area contributed by atoms with Crippen molar-refractivity contribution < 1.29 is 4.79 Å². The average molecular weight is 271 g/mol. The zero-order valence-corrected chi connectivity index (χ0v) is 11.1. The van der Waals surface area contributed by atoms with Crippen LogP contribution >= 0.6 is 23.4 Å². The molecule has 5 heteroatoms. The zero-order chi connectivity index (χ0) is 12.3. The van der Waals surface area contributed by atoms with Gasteiger partial charge >= 0.3 is 0 Å². The summed E-state index contributed by atoms with van der Waals surface area (Å²) >= 11 is 7.67. The van der Waals surface area contributed by atoms with E-state index in [-0.39, 0.29) is 18.0 Å². The fraction of sp³-hybridized carbons (Fsp3) is 0.417. The molecule has 2 rings (SSSR count). The van der Waals surface area contributed by atoms with E-state index in [0.717, 1.165) is 17.2 Å². The fourth-order valence-electron chi connectivity index (χ4n) is 1.74.